The quantitative estimate of drug-likeness (QED) is 0.407. The maximum absolute atomic E-state index is 2.55. The van der Waals surface area contributed by atoms with Gasteiger partial charge in [0.1, 0.15) is 0 Å². The van der Waals surface area contributed by atoms with Gasteiger partial charge in [0.2, 0.25) is 0 Å². The number of rotatable bonds is 8. The van der Waals surface area contributed by atoms with Gasteiger partial charge in [0.15, 0.2) is 0 Å². The van der Waals surface area contributed by atoms with Crippen LogP contribution in [0.2, 0.25) is 0 Å². The Balaban J connectivity index is 3.70. The van der Waals surface area contributed by atoms with E-state index in [1.54, 1.807) is 11.1 Å². The minimum atomic E-state index is 0.337. The average Bonchev–Trinajstić information content (AvgIpc) is 2.43. The van der Waals surface area contributed by atoms with Crippen molar-refractivity contribution in [3.8, 4) is 0 Å². The third-order valence-electron chi connectivity index (χ3n) is 5.62. The van der Waals surface area contributed by atoms with Gasteiger partial charge in [0, 0.05) is 0 Å². The van der Waals surface area contributed by atoms with Crippen LogP contribution >= 0.6 is 0 Å². The first-order valence-corrected chi connectivity index (χ1v) is 11.0. The van der Waals surface area contributed by atoms with E-state index in [0.717, 1.165) is 23.7 Å². The summed E-state index contributed by atoms with van der Waals surface area (Å²) in [4.78, 5) is 0. The van der Waals surface area contributed by atoms with E-state index in [0.29, 0.717) is 5.41 Å². The second-order valence-corrected chi connectivity index (χ2v) is 10.6. The zero-order valence-electron chi connectivity index (χ0n) is 19.5. The van der Waals surface area contributed by atoms with Gasteiger partial charge in [-0.25, -0.2) is 0 Å². The molecule has 1 rings (SSSR count). The average molecular weight is 359 g/mol. The van der Waals surface area contributed by atoms with Crippen molar-refractivity contribution in [2.45, 2.75) is 101 Å². The molecular weight excluding hydrogens is 312 g/mol. The Morgan fingerprint density at radius 3 is 1.73 bits per heavy atom. The minimum absolute atomic E-state index is 0.337. The molecule has 150 valence electrons. The minimum Gasteiger partial charge on any atom is -0.0762 e. The van der Waals surface area contributed by atoms with Gasteiger partial charge < -0.3 is 0 Å². The van der Waals surface area contributed by atoms with E-state index in [1.807, 2.05) is 0 Å². The first-order valence-electron chi connectivity index (χ1n) is 11.0. The Bertz CT molecular complexity index is 518. The summed E-state index contributed by atoms with van der Waals surface area (Å²) < 4.78 is 0. The van der Waals surface area contributed by atoms with Crippen LogP contribution in [-0.4, -0.2) is 0 Å². The van der Waals surface area contributed by atoms with E-state index in [1.165, 1.54) is 43.3 Å². The lowest BCUT2D eigenvalue weighted by Crippen LogP contribution is -2.39. The van der Waals surface area contributed by atoms with Crippen LogP contribution in [-0.2, 0) is 0 Å². The molecule has 0 amide bonds. The van der Waals surface area contributed by atoms with Crippen molar-refractivity contribution in [1.29, 1.82) is 0 Å². The second kappa shape index (κ2) is 9.95. The first kappa shape index (κ1) is 23.3. The van der Waals surface area contributed by atoms with Crippen molar-refractivity contribution in [2.75, 3.05) is 0 Å². The first-order chi connectivity index (χ1) is 12.0. The smallest absolute Gasteiger partial charge is 0.00110 e. The predicted molar refractivity (Wildman–Crippen MR) is 119 cm³/mol. The molecule has 1 unspecified atom stereocenters. The van der Waals surface area contributed by atoms with Crippen LogP contribution in [0, 0.1) is 29.1 Å². The fraction of sp³-hybridized carbons (Fsp3) is 0.769. The molecule has 0 heterocycles. The summed E-state index contributed by atoms with van der Waals surface area (Å²) in [6.45, 7) is 23.5. The molecule has 0 saturated carbocycles. The maximum atomic E-state index is 2.55. The Kier molecular flexibility index (Phi) is 8.90. The van der Waals surface area contributed by atoms with Gasteiger partial charge in [-0.2, -0.15) is 0 Å². The molecule has 1 atom stereocenters. The summed E-state index contributed by atoms with van der Waals surface area (Å²) in [6.07, 6.45) is 11.6. The fourth-order valence-corrected chi connectivity index (χ4v) is 5.31. The summed E-state index contributed by atoms with van der Waals surface area (Å²) in [5, 5.41) is 0. The predicted octanol–water partition coefficient (Wildman–Crippen LogP) is 8.75. The van der Waals surface area contributed by atoms with Gasteiger partial charge in [0.05, 0.1) is 0 Å². The van der Waals surface area contributed by atoms with Crippen LogP contribution in [0.5, 0.6) is 0 Å². The topological polar surface area (TPSA) is 0 Å². The van der Waals surface area contributed by atoms with Crippen molar-refractivity contribution in [2.24, 2.45) is 29.1 Å². The largest absolute Gasteiger partial charge is 0.0762 e. The molecule has 26 heavy (non-hydrogen) atoms. The molecule has 0 aromatic heterocycles. The van der Waals surface area contributed by atoms with E-state index in [2.05, 4.69) is 81.4 Å². The third kappa shape index (κ3) is 6.43. The summed E-state index contributed by atoms with van der Waals surface area (Å²) in [5.74, 6) is 3.05. The molecule has 0 N–H and O–H groups in total. The molecule has 0 bridgehead atoms. The van der Waals surface area contributed by atoms with Gasteiger partial charge >= 0.3 is 0 Å². The van der Waals surface area contributed by atoms with Crippen LogP contribution in [0.15, 0.2) is 34.4 Å². The highest BCUT2D eigenvalue weighted by atomic mass is 14.5. The van der Waals surface area contributed by atoms with E-state index < -0.39 is 0 Å². The van der Waals surface area contributed by atoms with E-state index in [4.69, 9.17) is 0 Å². The van der Waals surface area contributed by atoms with Crippen LogP contribution in [0.4, 0.5) is 0 Å². The van der Waals surface area contributed by atoms with Crippen LogP contribution in [0.25, 0.3) is 0 Å². The fourth-order valence-electron chi connectivity index (χ4n) is 5.31. The molecule has 0 heteroatoms. The lowest BCUT2D eigenvalue weighted by atomic mass is 9.55. The molecular formula is C26H46. The lowest BCUT2D eigenvalue weighted by Gasteiger charge is -2.49. The molecule has 0 fully saturated rings. The Morgan fingerprint density at radius 1 is 0.846 bits per heavy atom. The van der Waals surface area contributed by atoms with Gasteiger partial charge in [-0.3, -0.25) is 0 Å². The van der Waals surface area contributed by atoms with Crippen LogP contribution < -0.4 is 0 Å². The highest BCUT2D eigenvalue weighted by Crippen LogP contribution is 2.55. The maximum Gasteiger partial charge on any atom is -0.00110 e. The monoisotopic (exact) mass is 358 g/mol. The van der Waals surface area contributed by atoms with E-state index in [9.17, 15) is 0 Å². The summed E-state index contributed by atoms with van der Waals surface area (Å²) in [5.41, 5.74) is 6.51. The van der Waals surface area contributed by atoms with Gasteiger partial charge in [-0.1, -0.05) is 64.8 Å². The molecule has 0 nitrogen and oxygen atoms in total. The van der Waals surface area contributed by atoms with Gasteiger partial charge in [0.25, 0.3) is 0 Å². The Morgan fingerprint density at radius 2 is 1.35 bits per heavy atom. The molecule has 0 aromatic rings. The number of hydrogen-bond donors (Lipinski definition) is 0. The molecule has 0 aromatic carbocycles. The van der Waals surface area contributed by atoms with E-state index >= 15 is 0 Å². The van der Waals surface area contributed by atoms with Crippen LogP contribution in [0.1, 0.15) is 101 Å². The molecule has 1 aliphatic carbocycles. The van der Waals surface area contributed by atoms with Gasteiger partial charge in [-0.15, -0.1) is 0 Å². The van der Waals surface area contributed by atoms with Crippen molar-refractivity contribution in [1.82, 2.24) is 0 Å². The highest BCUT2D eigenvalue weighted by molar-refractivity contribution is 5.43. The lowest BCUT2D eigenvalue weighted by molar-refractivity contribution is 0.100. The zero-order chi connectivity index (χ0) is 20.1. The Hall–Kier alpha value is -0.780. The molecule has 1 aliphatic rings. The molecule has 0 saturated heterocycles. The third-order valence-corrected chi connectivity index (χ3v) is 5.62. The number of allylic oxidation sites excluding steroid dienone is 6. The highest BCUT2D eigenvalue weighted by Gasteiger charge is 2.45. The molecule has 0 spiro atoms. The summed E-state index contributed by atoms with van der Waals surface area (Å²) in [7, 11) is 0. The van der Waals surface area contributed by atoms with Crippen molar-refractivity contribution < 1.29 is 0 Å². The summed E-state index contributed by atoms with van der Waals surface area (Å²) >= 11 is 0. The SMILES string of the molecule is CC(C)=CC1=C(C=C(C)C)C(CC(C)C)(CC(C)C)C(CC(C)C)CC1. The second-order valence-electron chi connectivity index (χ2n) is 10.6. The zero-order valence-corrected chi connectivity index (χ0v) is 19.5. The van der Waals surface area contributed by atoms with Crippen molar-refractivity contribution in [3.05, 3.63) is 34.4 Å². The van der Waals surface area contributed by atoms with Crippen molar-refractivity contribution >= 4 is 0 Å². The molecule has 0 aliphatic heterocycles. The van der Waals surface area contributed by atoms with E-state index in [-0.39, 0.29) is 0 Å². The molecule has 0 radical (unpaired) electrons. The Labute approximate surface area is 165 Å². The van der Waals surface area contributed by atoms with Crippen molar-refractivity contribution in [3.63, 3.8) is 0 Å². The van der Waals surface area contributed by atoms with Gasteiger partial charge in [-0.05, 0) is 100 Å². The number of hydrogen-bond acceptors (Lipinski definition) is 0. The normalized spacial score (nSPS) is 20.1. The summed E-state index contributed by atoms with van der Waals surface area (Å²) in [6, 6.07) is 0. The van der Waals surface area contributed by atoms with Crippen LogP contribution in [0.3, 0.4) is 0 Å². The standard InChI is InChI=1S/C26H46/c1-18(2)13-23-11-12-24(14-19(3)4)26(16-21(7)8,17-22(9)10)25(23)15-20(5)6/h13,15,19,21-22,24H,11-12,14,16-17H2,1-10H3.